The fraction of sp³-hybridized carbons (Fsp3) is 0.286. The van der Waals surface area contributed by atoms with Crippen molar-refractivity contribution in [3.8, 4) is 5.75 Å². The molecule has 1 unspecified atom stereocenters. The molecule has 1 aromatic carbocycles. The number of hydrogen-bond acceptors (Lipinski definition) is 3. The third-order valence-electron chi connectivity index (χ3n) is 2.79. The molecule has 0 amide bonds. The van der Waals surface area contributed by atoms with Gasteiger partial charge in [0.1, 0.15) is 5.75 Å². The van der Waals surface area contributed by atoms with Gasteiger partial charge in [-0.1, -0.05) is 12.1 Å². The highest BCUT2D eigenvalue weighted by Gasteiger charge is 2.05. The first kappa shape index (κ1) is 11.7. The number of furan rings is 1. The Morgan fingerprint density at radius 3 is 2.94 bits per heavy atom. The number of nitrogens with one attached hydrogen (secondary N) is 1. The second-order valence-corrected chi connectivity index (χ2v) is 4.01. The van der Waals surface area contributed by atoms with Gasteiger partial charge < -0.3 is 14.5 Å². The summed E-state index contributed by atoms with van der Waals surface area (Å²) in [6.45, 7) is 2.93. The maximum atomic E-state index is 5.19. The second-order valence-electron chi connectivity index (χ2n) is 4.01. The van der Waals surface area contributed by atoms with Crippen LogP contribution in [0.2, 0.25) is 0 Å². The topological polar surface area (TPSA) is 34.4 Å². The zero-order valence-electron chi connectivity index (χ0n) is 10.1. The van der Waals surface area contributed by atoms with E-state index in [1.807, 2.05) is 24.3 Å². The van der Waals surface area contributed by atoms with E-state index in [1.165, 1.54) is 5.56 Å². The Morgan fingerprint density at radius 2 is 2.24 bits per heavy atom. The smallest absolute Gasteiger partial charge is 0.119 e. The van der Waals surface area contributed by atoms with Gasteiger partial charge in [-0.15, -0.1) is 0 Å². The van der Waals surface area contributed by atoms with Gasteiger partial charge in [-0.25, -0.2) is 0 Å². The molecule has 2 rings (SSSR count). The van der Waals surface area contributed by atoms with Crippen LogP contribution < -0.4 is 10.1 Å². The lowest BCUT2D eigenvalue weighted by Gasteiger charge is -2.12. The van der Waals surface area contributed by atoms with Gasteiger partial charge in [0.05, 0.1) is 19.6 Å². The van der Waals surface area contributed by atoms with E-state index in [0.717, 1.165) is 17.9 Å². The van der Waals surface area contributed by atoms with Crippen molar-refractivity contribution in [2.75, 3.05) is 7.11 Å². The average molecular weight is 231 g/mol. The lowest BCUT2D eigenvalue weighted by Crippen LogP contribution is -2.17. The highest BCUT2D eigenvalue weighted by Crippen LogP contribution is 2.15. The number of methoxy groups -OCH3 is 1. The molecule has 1 atom stereocenters. The molecule has 0 aliphatic rings. The molecular formula is C14H17NO2. The zero-order valence-corrected chi connectivity index (χ0v) is 10.1. The maximum absolute atomic E-state index is 5.19. The standard InChI is InChI=1S/C14H17NO2/c1-11(13-6-7-17-10-13)15-9-12-4-3-5-14(8-12)16-2/h3-8,10-11,15H,9H2,1-2H3. The van der Waals surface area contributed by atoms with Gasteiger partial charge in [0.15, 0.2) is 0 Å². The molecule has 1 aromatic heterocycles. The van der Waals surface area contributed by atoms with Gasteiger partial charge in [0.25, 0.3) is 0 Å². The van der Waals surface area contributed by atoms with E-state index in [-0.39, 0.29) is 6.04 Å². The molecule has 0 fully saturated rings. The van der Waals surface area contributed by atoms with E-state index in [2.05, 4.69) is 18.3 Å². The monoisotopic (exact) mass is 231 g/mol. The summed E-state index contributed by atoms with van der Waals surface area (Å²) in [6.07, 6.45) is 3.46. The SMILES string of the molecule is COc1cccc(CNC(C)c2ccoc2)c1. The van der Waals surface area contributed by atoms with Crippen molar-refractivity contribution in [3.63, 3.8) is 0 Å². The average Bonchev–Trinajstić information content (AvgIpc) is 2.90. The van der Waals surface area contributed by atoms with Gasteiger partial charge in [-0.3, -0.25) is 0 Å². The van der Waals surface area contributed by atoms with Crippen LogP contribution in [0.15, 0.2) is 47.3 Å². The van der Waals surface area contributed by atoms with Crippen LogP contribution in [0.4, 0.5) is 0 Å². The first-order valence-electron chi connectivity index (χ1n) is 5.68. The van der Waals surface area contributed by atoms with Crippen molar-refractivity contribution >= 4 is 0 Å². The first-order valence-corrected chi connectivity index (χ1v) is 5.68. The Hall–Kier alpha value is -1.74. The lowest BCUT2D eigenvalue weighted by atomic mass is 10.1. The van der Waals surface area contributed by atoms with E-state index in [1.54, 1.807) is 19.6 Å². The number of hydrogen-bond donors (Lipinski definition) is 1. The maximum Gasteiger partial charge on any atom is 0.119 e. The Balaban J connectivity index is 1.93. The van der Waals surface area contributed by atoms with Crippen LogP contribution in [0.25, 0.3) is 0 Å². The Bertz CT molecular complexity index is 451. The third-order valence-corrected chi connectivity index (χ3v) is 2.79. The minimum Gasteiger partial charge on any atom is -0.497 e. The fourth-order valence-corrected chi connectivity index (χ4v) is 1.69. The summed E-state index contributed by atoms with van der Waals surface area (Å²) < 4.78 is 10.3. The van der Waals surface area contributed by atoms with Crippen LogP contribution >= 0.6 is 0 Å². The van der Waals surface area contributed by atoms with Crippen LogP contribution in [0.3, 0.4) is 0 Å². The van der Waals surface area contributed by atoms with Crippen molar-refractivity contribution in [1.29, 1.82) is 0 Å². The van der Waals surface area contributed by atoms with E-state index < -0.39 is 0 Å². The molecular weight excluding hydrogens is 214 g/mol. The van der Waals surface area contributed by atoms with Crippen molar-refractivity contribution in [1.82, 2.24) is 5.32 Å². The number of ether oxygens (including phenoxy) is 1. The Labute approximate surface area is 101 Å². The number of benzene rings is 1. The molecule has 0 saturated heterocycles. The van der Waals surface area contributed by atoms with Gasteiger partial charge in [0.2, 0.25) is 0 Å². The van der Waals surface area contributed by atoms with Crippen molar-refractivity contribution in [3.05, 3.63) is 54.0 Å². The van der Waals surface area contributed by atoms with Crippen LogP contribution in [0, 0.1) is 0 Å². The molecule has 0 bridgehead atoms. The lowest BCUT2D eigenvalue weighted by molar-refractivity contribution is 0.414. The molecule has 3 nitrogen and oxygen atoms in total. The summed E-state index contributed by atoms with van der Waals surface area (Å²) in [5, 5.41) is 3.44. The summed E-state index contributed by atoms with van der Waals surface area (Å²) in [5.41, 5.74) is 2.37. The molecule has 0 aliphatic carbocycles. The summed E-state index contributed by atoms with van der Waals surface area (Å²) in [6, 6.07) is 10.3. The predicted octanol–water partition coefficient (Wildman–Crippen LogP) is 3.14. The Kier molecular flexibility index (Phi) is 3.83. The van der Waals surface area contributed by atoms with Crippen molar-refractivity contribution in [2.45, 2.75) is 19.5 Å². The second kappa shape index (κ2) is 5.55. The fourth-order valence-electron chi connectivity index (χ4n) is 1.69. The van der Waals surface area contributed by atoms with Gasteiger partial charge >= 0.3 is 0 Å². The molecule has 0 radical (unpaired) electrons. The van der Waals surface area contributed by atoms with E-state index >= 15 is 0 Å². The van der Waals surface area contributed by atoms with Crippen molar-refractivity contribution in [2.24, 2.45) is 0 Å². The normalized spacial score (nSPS) is 12.4. The molecule has 3 heteroatoms. The molecule has 90 valence electrons. The molecule has 1 heterocycles. The number of rotatable bonds is 5. The quantitative estimate of drug-likeness (QED) is 0.858. The highest BCUT2D eigenvalue weighted by atomic mass is 16.5. The largest absolute Gasteiger partial charge is 0.497 e. The van der Waals surface area contributed by atoms with Crippen LogP contribution in [-0.2, 0) is 6.54 Å². The Morgan fingerprint density at radius 1 is 1.35 bits per heavy atom. The molecule has 0 aliphatic heterocycles. The zero-order chi connectivity index (χ0) is 12.1. The van der Waals surface area contributed by atoms with Gasteiger partial charge in [-0.2, -0.15) is 0 Å². The minimum absolute atomic E-state index is 0.278. The summed E-state index contributed by atoms with van der Waals surface area (Å²) in [5.74, 6) is 0.889. The van der Waals surface area contributed by atoms with Crippen LogP contribution in [-0.4, -0.2) is 7.11 Å². The molecule has 17 heavy (non-hydrogen) atoms. The summed E-state index contributed by atoms with van der Waals surface area (Å²) in [7, 11) is 1.68. The van der Waals surface area contributed by atoms with Crippen molar-refractivity contribution < 1.29 is 9.15 Å². The van der Waals surface area contributed by atoms with E-state index in [9.17, 15) is 0 Å². The minimum atomic E-state index is 0.278. The van der Waals surface area contributed by atoms with E-state index in [0.29, 0.717) is 0 Å². The molecule has 0 saturated carbocycles. The first-order chi connectivity index (χ1) is 8.29. The third kappa shape index (κ3) is 3.11. The van der Waals surface area contributed by atoms with Crippen LogP contribution in [0.5, 0.6) is 5.75 Å². The van der Waals surface area contributed by atoms with Gasteiger partial charge in [-0.05, 0) is 30.7 Å². The predicted molar refractivity (Wildman–Crippen MR) is 67.0 cm³/mol. The summed E-state index contributed by atoms with van der Waals surface area (Å²) in [4.78, 5) is 0. The molecule has 2 aromatic rings. The molecule has 1 N–H and O–H groups in total. The highest BCUT2D eigenvalue weighted by molar-refractivity contribution is 5.28. The van der Waals surface area contributed by atoms with Crippen LogP contribution in [0.1, 0.15) is 24.1 Å². The molecule has 0 spiro atoms. The van der Waals surface area contributed by atoms with E-state index in [4.69, 9.17) is 9.15 Å². The van der Waals surface area contributed by atoms with Gasteiger partial charge in [0, 0.05) is 18.2 Å². The summed E-state index contributed by atoms with van der Waals surface area (Å²) >= 11 is 0.